The van der Waals surface area contributed by atoms with Gasteiger partial charge in [-0.2, -0.15) is 4.98 Å². The Kier molecular flexibility index (Phi) is 7.34. The molecule has 3 aromatic rings. The smallest absolute Gasteiger partial charge is 0.329 e. The molecule has 0 unspecified atom stereocenters. The van der Waals surface area contributed by atoms with E-state index >= 15 is 0 Å². The summed E-state index contributed by atoms with van der Waals surface area (Å²) >= 11 is 5.77. The number of nitro benzene ring substituents is 1. The van der Waals surface area contributed by atoms with Crippen LogP contribution in [0.4, 0.5) is 10.1 Å². The average Bonchev–Trinajstić information content (AvgIpc) is 3.25. The molecule has 172 valence electrons. The summed E-state index contributed by atoms with van der Waals surface area (Å²) in [7, 11) is 0. The monoisotopic (exact) mass is 476 g/mol. The zero-order valence-electron chi connectivity index (χ0n) is 17.5. The van der Waals surface area contributed by atoms with Crippen molar-refractivity contribution in [3.8, 4) is 11.5 Å². The number of esters is 1. The molecule has 1 atom stereocenters. The van der Waals surface area contributed by atoms with Gasteiger partial charge in [0.05, 0.1) is 4.92 Å². The first kappa shape index (κ1) is 23.8. The quantitative estimate of drug-likeness (QED) is 0.293. The second kappa shape index (κ2) is 10.2. The summed E-state index contributed by atoms with van der Waals surface area (Å²) in [6.45, 7) is 3.06. The number of hydrogen-bond donors (Lipinski definition) is 1. The maximum atomic E-state index is 13.0. The van der Waals surface area contributed by atoms with Crippen LogP contribution in [0.1, 0.15) is 30.0 Å². The standard InChI is InChI=1S/C21H18ClFN4O6/c1-11(2)18(25-19(28)13-5-8-15(22)16(9-13)27(30)31)21(29)32-10-17-24-20(33-26-17)12-3-6-14(23)7-4-12/h3-9,11,18H,10H2,1-2H3,(H,25,28)/t18-/m0/s1. The molecular weight excluding hydrogens is 459 g/mol. The van der Waals surface area contributed by atoms with E-state index in [4.69, 9.17) is 20.9 Å². The lowest BCUT2D eigenvalue weighted by Gasteiger charge is -2.20. The fraction of sp³-hybridized carbons (Fsp3) is 0.238. The van der Waals surface area contributed by atoms with Gasteiger partial charge < -0.3 is 14.6 Å². The summed E-state index contributed by atoms with van der Waals surface area (Å²) in [6.07, 6.45) is 0. The molecule has 0 radical (unpaired) electrons. The summed E-state index contributed by atoms with van der Waals surface area (Å²) in [5.74, 6) is -2.03. The lowest BCUT2D eigenvalue weighted by molar-refractivity contribution is -0.384. The third-order valence-electron chi connectivity index (χ3n) is 4.52. The molecule has 33 heavy (non-hydrogen) atoms. The first-order chi connectivity index (χ1) is 15.7. The average molecular weight is 477 g/mol. The minimum atomic E-state index is -1.05. The van der Waals surface area contributed by atoms with Gasteiger partial charge >= 0.3 is 5.97 Å². The molecule has 0 bridgehead atoms. The SMILES string of the molecule is CC(C)[C@H](NC(=O)c1ccc(Cl)c([N+](=O)[O-])c1)C(=O)OCc1noc(-c2ccc(F)cc2)n1. The van der Waals surface area contributed by atoms with E-state index in [2.05, 4.69) is 15.5 Å². The third-order valence-corrected chi connectivity index (χ3v) is 4.83. The minimum absolute atomic E-state index is 0.0355. The highest BCUT2D eigenvalue weighted by Gasteiger charge is 2.27. The maximum Gasteiger partial charge on any atom is 0.329 e. The van der Waals surface area contributed by atoms with E-state index < -0.39 is 34.3 Å². The molecule has 0 aliphatic carbocycles. The molecule has 1 amide bonds. The number of carbonyl (C=O) groups is 2. The highest BCUT2D eigenvalue weighted by atomic mass is 35.5. The zero-order chi connectivity index (χ0) is 24.1. The van der Waals surface area contributed by atoms with Gasteiger partial charge in [0.25, 0.3) is 17.5 Å². The summed E-state index contributed by atoms with van der Waals surface area (Å²) in [5, 5.41) is 17.2. The minimum Gasteiger partial charge on any atom is -0.456 e. The number of amides is 1. The topological polar surface area (TPSA) is 137 Å². The van der Waals surface area contributed by atoms with Crippen molar-refractivity contribution in [2.75, 3.05) is 0 Å². The van der Waals surface area contributed by atoms with Crippen molar-refractivity contribution < 1.29 is 28.2 Å². The molecule has 0 fully saturated rings. The van der Waals surface area contributed by atoms with Gasteiger partial charge in [-0.15, -0.1) is 0 Å². The van der Waals surface area contributed by atoms with Crippen LogP contribution in [0.15, 0.2) is 47.0 Å². The lowest BCUT2D eigenvalue weighted by atomic mass is 10.0. The van der Waals surface area contributed by atoms with Crippen LogP contribution in [0, 0.1) is 21.8 Å². The van der Waals surface area contributed by atoms with Crippen LogP contribution in [0.2, 0.25) is 5.02 Å². The van der Waals surface area contributed by atoms with Gasteiger partial charge in [0.2, 0.25) is 5.82 Å². The Morgan fingerprint density at radius 2 is 1.94 bits per heavy atom. The molecule has 1 heterocycles. The summed E-state index contributed by atoms with van der Waals surface area (Å²) in [4.78, 5) is 39.6. The number of ether oxygens (including phenoxy) is 1. The molecule has 1 N–H and O–H groups in total. The summed E-state index contributed by atoms with van der Waals surface area (Å²) in [6, 6.07) is 7.92. The predicted octanol–water partition coefficient (Wildman–Crippen LogP) is 3.94. The number of nitro groups is 1. The Bertz CT molecular complexity index is 1180. The summed E-state index contributed by atoms with van der Waals surface area (Å²) in [5.41, 5.74) is 0.0274. The van der Waals surface area contributed by atoms with Gasteiger partial charge in [0.15, 0.2) is 6.61 Å². The zero-order valence-corrected chi connectivity index (χ0v) is 18.2. The maximum absolute atomic E-state index is 13.0. The Morgan fingerprint density at radius 3 is 2.58 bits per heavy atom. The Morgan fingerprint density at radius 1 is 1.24 bits per heavy atom. The fourth-order valence-corrected chi connectivity index (χ4v) is 2.95. The number of aromatic nitrogens is 2. The van der Waals surface area contributed by atoms with Crippen LogP contribution in [0.5, 0.6) is 0 Å². The molecule has 0 saturated carbocycles. The van der Waals surface area contributed by atoms with Crippen molar-refractivity contribution in [3.05, 3.63) is 74.8 Å². The van der Waals surface area contributed by atoms with Crippen molar-refractivity contribution in [3.63, 3.8) is 0 Å². The van der Waals surface area contributed by atoms with Crippen molar-refractivity contribution in [1.82, 2.24) is 15.5 Å². The largest absolute Gasteiger partial charge is 0.456 e. The Labute approximate surface area is 191 Å². The van der Waals surface area contributed by atoms with Crippen LogP contribution in [0.3, 0.4) is 0 Å². The van der Waals surface area contributed by atoms with Crippen molar-refractivity contribution in [2.24, 2.45) is 5.92 Å². The summed E-state index contributed by atoms with van der Waals surface area (Å²) < 4.78 is 23.3. The molecule has 0 spiro atoms. The van der Waals surface area contributed by atoms with E-state index in [1.54, 1.807) is 13.8 Å². The van der Waals surface area contributed by atoms with E-state index in [9.17, 15) is 24.1 Å². The number of hydrogen-bond acceptors (Lipinski definition) is 8. The number of nitrogens with zero attached hydrogens (tertiary/aromatic N) is 3. The second-order valence-electron chi connectivity index (χ2n) is 7.25. The number of rotatable bonds is 8. The van der Waals surface area contributed by atoms with Crippen LogP contribution in [-0.2, 0) is 16.1 Å². The Hall–Kier alpha value is -3.86. The van der Waals surface area contributed by atoms with E-state index in [0.717, 1.165) is 6.07 Å². The normalized spacial score (nSPS) is 11.8. The van der Waals surface area contributed by atoms with Crippen molar-refractivity contribution in [1.29, 1.82) is 0 Å². The highest BCUT2D eigenvalue weighted by Crippen LogP contribution is 2.25. The third kappa shape index (κ3) is 5.89. The molecule has 3 rings (SSSR count). The van der Waals surface area contributed by atoms with Gasteiger partial charge in [-0.3, -0.25) is 14.9 Å². The molecule has 10 nitrogen and oxygen atoms in total. The van der Waals surface area contributed by atoms with Crippen LogP contribution in [0.25, 0.3) is 11.5 Å². The number of benzene rings is 2. The predicted molar refractivity (Wildman–Crippen MR) is 114 cm³/mol. The van der Waals surface area contributed by atoms with Gasteiger partial charge in [-0.25, -0.2) is 9.18 Å². The van der Waals surface area contributed by atoms with Crippen molar-refractivity contribution in [2.45, 2.75) is 26.5 Å². The van der Waals surface area contributed by atoms with Crippen LogP contribution >= 0.6 is 11.6 Å². The van der Waals surface area contributed by atoms with Crippen molar-refractivity contribution >= 4 is 29.2 Å². The number of halogens is 2. The van der Waals surface area contributed by atoms with Gasteiger partial charge in [0.1, 0.15) is 16.9 Å². The van der Waals surface area contributed by atoms with Gasteiger partial charge in [-0.05, 0) is 42.3 Å². The van der Waals surface area contributed by atoms with E-state index in [-0.39, 0.29) is 34.8 Å². The van der Waals surface area contributed by atoms with E-state index in [1.807, 2.05) is 0 Å². The Balaban J connectivity index is 1.65. The van der Waals surface area contributed by atoms with Crippen LogP contribution in [-0.4, -0.2) is 33.0 Å². The van der Waals surface area contributed by atoms with Crippen LogP contribution < -0.4 is 5.32 Å². The second-order valence-corrected chi connectivity index (χ2v) is 7.66. The molecule has 0 aliphatic heterocycles. The first-order valence-electron chi connectivity index (χ1n) is 9.65. The molecule has 1 aromatic heterocycles. The number of nitrogens with one attached hydrogen (secondary N) is 1. The fourth-order valence-electron chi connectivity index (χ4n) is 2.76. The molecule has 12 heteroatoms. The van der Waals surface area contributed by atoms with E-state index in [1.165, 1.54) is 36.4 Å². The molecular formula is C21H18ClFN4O6. The van der Waals surface area contributed by atoms with E-state index in [0.29, 0.717) is 5.56 Å². The molecule has 2 aromatic carbocycles. The lowest BCUT2D eigenvalue weighted by Crippen LogP contribution is -2.45. The van der Waals surface area contributed by atoms with Gasteiger partial charge in [-0.1, -0.05) is 30.6 Å². The first-order valence-corrected chi connectivity index (χ1v) is 10.0. The highest BCUT2D eigenvalue weighted by molar-refractivity contribution is 6.32. The van der Waals surface area contributed by atoms with Gasteiger partial charge in [0, 0.05) is 17.2 Å². The molecule has 0 aliphatic rings. The number of carbonyl (C=O) groups excluding carboxylic acids is 2. The molecule has 0 saturated heterocycles.